The molecule has 0 bridgehead atoms. The highest BCUT2D eigenvalue weighted by molar-refractivity contribution is 7.80. The van der Waals surface area contributed by atoms with Gasteiger partial charge in [0.25, 0.3) is 5.91 Å². The van der Waals surface area contributed by atoms with E-state index in [1.807, 2.05) is 60.7 Å². The van der Waals surface area contributed by atoms with Gasteiger partial charge >= 0.3 is 5.97 Å². The van der Waals surface area contributed by atoms with Crippen molar-refractivity contribution >= 4 is 29.2 Å². The Morgan fingerprint density at radius 2 is 1.72 bits per heavy atom. The van der Waals surface area contributed by atoms with Crippen LogP contribution < -0.4 is 11.1 Å². The number of aliphatic carboxylic acids is 1. The smallest absolute Gasteiger partial charge is 0.320 e. The van der Waals surface area contributed by atoms with Crippen molar-refractivity contribution in [1.29, 1.82) is 0 Å². The molecule has 1 aliphatic heterocycles. The standard InChI is InChI=1S/C13H14N2OS.C9H11NO2/c1-2-8-15-12(16)11(14-13(15)17)9-10-6-4-3-5-7-10;10-8(9(11)12)6-7-4-2-1-3-5-7/h2-7,11H,1,8-9H2,(H,14,17);1-5,8H,6,10H2,(H,11,12). The monoisotopic (exact) mass is 411 g/mol. The molecule has 0 spiro atoms. The van der Waals surface area contributed by atoms with E-state index < -0.39 is 12.0 Å². The molecular weight excluding hydrogens is 386 g/mol. The minimum atomic E-state index is -0.959. The van der Waals surface area contributed by atoms with Crippen molar-refractivity contribution in [2.75, 3.05) is 6.54 Å². The lowest BCUT2D eigenvalue weighted by Gasteiger charge is -2.11. The third kappa shape index (κ3) is 6.81. The molecule has 0 radical (unpaired) electrons. The Balaban J connectivity index is 0.000000221. The number of rotatable bonds is 7. The first kappa shape index (κ1) is 22.3. The van der Waals surface area contributed by atoms with Gasteiger partial charge in [-0.25, -0.2) is 0 Å². The van der Waals surface area contributed by atoms with Crippen LogP contribution in [0.3, 0.4) is 0 Å². The van der Waals surface area contributed by atoms with E-state index in [2.05, 4.69) is 11.9 Å². The normalized spacial score (nSPS) is 16.4. The van der Waals surface area contributed by atoms with Gasteiger partial charge in [0.05, 0.1) is 0 Å². The molecule has 0 saturated carbocycles. The van der Waals surface area contributed by atoms with Gasteiger partial charge in [-0.15, -0.1) is 6.58 Å². The number of carboxylic acids is 1. The van der Waals surface area contributed by atoms with Crippen molar-refractivity contribution in [3.63, 3.8) is 0 Å². The van der Waals surface area contributed by atoms with Gasteiger partial charge in [0.15, 0.2) is 5.11 Å². The minimum absolute atomic E-state index is 0.0266. The van der Waals surface area contributed by atoms with Crippen LogP contribution in [0.5, 0.6) is 0 Å². The summed E-state index contributed by atoms with van der Waals surface area (Å²) in [5, 5.41) is 12.1. The van der Waals surface area contributed by atoms with Crippen LogP contribution in [-0.2, 0) is 22.4 Å². The number of thiocarbonyl (C=S) groups is 1. The number of amides is 1. The topological polar surface area (TPSA) is 95.7 Å². The summed E-state index contributed by atoms with van der Waals surface area (Å²) in [6, 6.07) is 18.2. The third-order valence-electron chi connectivity index (χ3n) is 4.32. The maximum Gasteiger partial charge on any atom is 0.320 e. The van der Waals surface area contributed by atoms with E-state index >= 15 is 0 Å². The Hall–Kier alpha value is -3.03. The maximum absolute atomic E-state index is 12.0. The second-order valence-corrected chi connectivity index (χ2v) is 6.95. The van der Waals surface area contributed by atoms with Gasteiger partial charge in [-0.05, 0) is 29.8 Å². The fourth-order valence-corrected chi connectivity index (χ4v) is 3.13. The summed E-state index contributed by atoms with van der Waals surface area (Å²) < 4.78 is 0. The molecule has 7 heteroatoms. The number of hydrogen-bond donors (Lipinski definition) is 3. The number of nitrogens with one attached hydrogen (secondary N) is 1. The first-order chi connectivity index (χ1) is 13.9. The Kier molecular flexibility index (Phi) is 8.51. The van der Waals surface area contributed by atoms with Crippen LogP contribution in [0.25, 0.3) is 0 Å². The highest BCUT2D eigenvalue weighted by atomic mass is 32.1. The van der Waals surface area contributed by atoms with Crippen LogP contribution in [0.1, 0.15) is 11.1 Å². The molecule has 2 aromatic carbocycles. The summed E-state index contributed by atoms with van der Waals surface area (Å²) in [5.74, 6) is -0.933. The van der Waals surface area contributed by atoms with Crippen molar-refractivity contribution in [2.24, 2.45) is 5.73 Å². The molecule has 3 rings (SSSR count). The second kappa shape index (κ2) is 11.1. The average Bonchev–Trinajstić information content (AvgIpc) is 2.98. The molecule has 4 N–H and O–H groups in total. The first-order valence-corrected chi connectivity index (χ1v) is 9.62. The van der Waals surface area contributed by atoms with E-state index in [9.17, 15) is 9.59 Å². The SMILES string of the molecule is C=CCN1C(=O)C(Cc2ccccc2)NC1=S.NC(Cc1ccccc1)C(=O)O. The number of nitrogens with two attached hydrogens (primary N) is 1. The summed E-state index contributed by atoms with van der Waals surface area (Å²) >= 11 is 5.12. The second-order valence-electron chi connectivity index (χ2n) is 6.56. The highest BCUT2D eigenvalue weighted by Crippen LogP contribution is 2.12. The van der Waals surface area contributed by atoms with Gasteiger partial charge in [0.2, 0.25) is 0 Å². The lowest BCUT2D eigenvalue weighted by atomic mass is 10.1. The molecule has 1 amide bonds. The number of nitrogens with zero attached hydrogens (tertiary/aromatic N) is 1. The number of hydrogen-bond acceptors (Lipinski definition) is 4. The molecule has 1 aliphatic rings. The molecule has 0 aliphatic carbocycles. The molecule has 2 unspecified atom stereocenters. The maximum atomic E-state index is 12.0. The quantitative estimate of drug-likeness (QED) is 0.477. The highest BCUT2D eigenvalue weighted by Gasteiger charge is 2.34. The van der Waals surface area contributed by atoms with Gasteiger partial charge in [0, 0.05) is 13.0 Å². The van der Waals surface area contributed by atoms with Crippen molar-refractivity contribution in [1.82, 2.24) is 10.2 Å². The predicted octanol–water partition coefficient (Wildman–Crippen LogP) is 2.14. The van der Waals surface area contributed by atoms with Crippen molar-refractivity contribution < 1.29 is 14.7 Å². The molecular formula is C22H25N3O3S. The predicted molar refractivity (Wildman–Crippen MR) is 117 cm³/mol. The zero-order valence-electron chi connectivity index (χ0n) is 16.0. The van der Waals surface area contributed by atoms with E-state index in [-0.39, 0.29) is 11.9 Å². The van der Waals surface area contributed by atoms with Gasteiger partial charge in [-0.3, -0.25) is 14.5 Å². The van der Waals surface area contributed by atoms with E-state index in [1.54, 1.807) is 11.0 Å². The molecule has 1 heterocycles. The Labute approximate surface area is 176 Å². The van der Waals surface area contributed by atoms with Crippen LogP contribution in [0, 0.1) is 0 Å². The lowest BCUT2D eigenvalue weighted by Crippen LogP contribution is -2.32. The van der Waals surface area contributed by atoms with Gasteiger partial charge in [-0.2, -0.15) is 0 Å². The third-order valence-corrected chi connectivity index (χ3v) is 4.66. The number of carboxylic acid groups (broad SMARTS) is 1. The molecule has 0 aromatic heterocycles. The largest absolute Gasteiger partial charge is 0.480 e. The summed E-state index contributed by atoms with van der Waals surface area (Å²) in [4.78, 5) is 24.0. The molecule has 6 nitrogen and oxygen atoms in total. The molecule has 2 aromatic rings. The van der Waals surface area contributed by atoms with Crippen molar-refractivity contribution in [3.05, 3.63) is 84.4 Å². The zero-order valence-corrected chi connectivity index (χ0v) is 16.8. The van der Waals surface area contributed by atoms with E-state index in [4.69, 9.17) is 23.1 Å². The van der Waals surface area contributed by atoms with Crippen LogP contribution in [0.4, 0.5) is 0 Å². The molecule has 2 atom stereocenters. The number of carbonyl (C=O) groups is 2. The lowest BCUT2D eigenvalue weighted by molar-refractivity contribution is -0.138. The van der Waals surface area contributed by atoms with E-state index in [1.165, 1.54) is 0 Å². The van der Waals surface area contributed by atoms with E-state index in [0.717, 1.165) is 11.1 Å². The molecule has 152 valence electrons. The Morgan fingerprint density at radius 1 is 1.17 bits per heavy atom. The van der Waals surface area contributed by atoms with Crippen LogP contribution in [0.2, 0.25) is 0 Å². The van der Waals surface area contributed by atoms with Crippen molar-refractivity contribution in [2.45, 2.75) is 24.9 Å². The van der Waals surface area contributed by atoms with Gasteiger partial charge < -0.3 is 16.2 Å². The molecule has 1 fully saturated rings. The van der Waals surface area contributed by atoms with Crippen LogP contribution >= 0.6 is 12.2 Å². The summed E-state index contributed by atoms with van der Waals surface area (Å²) in [7, 11) is 0. The molecule has 1 saturated heterocycles. The Morgan fingerprint density at radius 3 is 2.24 bits per heavy atom. The number of carbonyl (C=O) groups excluding carboxylic acids is 1. The molecule has 29 heavy (non-hydrogen) atoms. The fraction of sp³-hybridized carbons (Fsp3) is 0.227. The zero-order chi connectivity index (χ0) is 21.2. The van der Waals surface area contributed by atoms with Gasteiger partial charge in [0.1, 0.15) is 12.1 Å². The average molecular weight is 412 g/mol. The van der Waals surface area contributed by atoms with Crippen molar-refractivity contribution in [3.8, 4) is 0 Å². The minimum Gasteiger partial charge on any atom is -0.480 e. The summed E-state index contributed by atoms with van der Waals surface area (Å²) in [6.07, 6.45) is 2.72. The Bertz CT molecular complexity index is 843. The van der Waals surface area contributed by atoms with Gasteiger partial charge in [-0.1, -0.05) is 66.7 Å². The summed E-state index contributed by atoms with van der Waals surface area (Å²) in [5.41, 5.74) is 7.43. The number of benzene rings is 2. The van der Waals surface area contributed by atoms with Crippen LogP contribution in [0.15, 0.2) is 73.3 Å². The summed E-state index contributed by atoms with van der Waals surface area (Å²) in [6.45, 7) is 4.09. The van der Waals surface area contributed by atoms with E-state index in [0.29, 0.717) is 24.5 Å². The van der Waals surface area contributed by atoms with Crippen LogP contribution in [-0.4, -0.2) is 45.6 Å². The fourth-order valence-electron chi connectivity index (χ4n) is 2.82. The first-order valence-electron chi connectivity index (χ1n) is 9.21.